The third kappa shape index (κ3) is 4.74. The molecule has 3 fully saturated rings. The Morgan fingerprint density at radius 1 is 0.892 bits per heavy atom. The molecule has 4 heterocycles. The maximum absolute atomic E-state index is 13.6. The fraction of sp³-hybridized carbons (Fsp3) is 0.500. The SMILES string of the molecule is Cc1cc(-c2cn(-c3ccc([N+](=O)[O-])cc3N3CCC4(CC3)CC4)cn2)nc(N2CCC(F)(F)CC2)n1. The molecule has 1 spiro atoms. The maximum atomic E-state index is 13.6. The van der Waals surface area contributed by atoms with Gasteiger partial charge in [0.05, 0.1) is 22.0 Å². The third-order valence-corrected chi connectivity index (χ3v) is 8.04. The fourth-order valence-electron chi connectivity index (χ4n) is 5.44. The molecule has 1 saturated carbocycles. The summed E-state index contributed by atoms with van der Waals surface area (Å²) in [6.45, 7) is 4.00. The van der Waals surface area contributed by atoms with Crippen LogP contribution in [0.1, 0.15) is 44.2 Å². The summed E-state index contributed by atoms with van der Waals surface area (Å²) < 4.78 is 29.1. The molecule has 0 atom stereocenters. The number of hydrogen-bond acceptors (Lipinski definition) is 7. The number of benzene rings is 1. The first-order chi connectivity index (χ1) is 17.7. The zero-order chi connectivity index (χ0) is 25.8. The highest BCUT2D eigenvalue weighted by atomic mass is 19.3. The highest BCUT2D eigenvalue weighted by Crippen LogP contribution is 2.54. The second kappa shape index (κ2) is 8.74. The van der Waals surface area contributed by atoms with Gasteiger partial charge in [0.15, 0.2) is 0 Å². The van der Waals surface area contributed by atoms with Gasteiger partial charge in [-0.3, -0.25) is 10.1 Å². The van der Waals surface area contributed by atoms with Crippen LogP contribution in [0.25, 0.3) is 17.1 Å². The van der Waals surface area contributed by atoms with Crippen LogP contribution in [0, 0.1) is 22.5 Å². The van der Waals surface area contributed by atoms with Crippen LogP contribution < -0.4 is 9.80 Å². The normalized spacial score (nSPS) is 20.3. The van der Waals surface area contributed by atoms with E-state index in [1.54, 1.807) is 23.4 Å². The van der Waals surface area contributed by atoms with Crippen molar-refractivity contribution in [1.29, 1.82) is 0 Å². The summed E-state index contributed by atoms with van der Waals surface area (Å²) in [4.78, 5) is 28.9. The van der Waals surface area contributed by atoms with E-state index in [-0.39, 0.29) is 36.5 Å². The number of aromatic nitrogens is 4. The van der Waals surface area contributed by atoms with E-state index in [1.807, 2.05) is 23.8 Å². The van der Waals surface area contributed by atoms with Gasteiger partial charge < -0.3 is 14.4 Å². The van der Waals surface area contributed by atoms with E-state index >= 15 is 0 Å². The second-order valence-electron chi connectivity index (χ2n) is 10.6. The standard InChI is InChI=1S/C26H29F2N7O2/c1-18-14-20(31-24(30-18)33-12-8-26(27,28)9-13-33)21-16-34(17-29-21)22-3-2-19(35(36)37)15-23(22)32-10-6-25(4-5-25)7-11-32/h2-3,14-17H,4-13H2,1H3. The fourth-order valence-corrected chi connectivity index (χ4v) is 5.44. The van der Waals surface area contributed by atoms with Gasteiger partial charge in [-0.05, 0) is 50.2 Å². The first kappa shape index (κ1) is 23.7. The first-order valence-corrected chi connectivity index (χ1v) is 12.8. The molecule has 0 radical (unpaired) electrons. The number of non-ortho nitro benzene ring substituents is 1. The zero-order valence-electron chi connectivity index (χ0n) is 20.7. The van der Waals surface area contributed by atoms with E-state index in [4.69, 9.17) is 0 Å². The number of halogens is 2. The molecule has 37 heavy (non-hydrogen) atoms. The summed E-state index contributed by atoms with van der Waals surface area (Å²) >= 11 is 0. The molecule has 0 unspecified atom stereocenters. The number of imidazole rings is 1. The van der Waals surface area contributed by atoms with E-state index in [2.05, 4.69) is 19.9 Å². The van der Waals surface area contributed by atoms with Gasteiger partial charge in [0.2, 0.25) is 5.95 Å². The van der Waals surface area contributed by atoms with E-state index in [1.165, 1.54) is 18.9 Å². The van der Waals surface area contributed by atoms with E-state index in [0.29, 0.717) is 22.8 Å². The monoisotopic (exact) mass is 509 g/mol. The van der Waals surface area contributed by atoms with Gasteiger partial charge in [-0.15, -0.1) is 0 Å². The van der Waals surface area contributed by atoms with Crippen LogP contribution >= 0.6 is 0 Å². The van der Waals surface area contributed by atoms with Crippen molar-refractivity contribution < 1.29 is 13.7 Å². The number of aryl methyl sites for hydroxylation is 1. The highest BCUT2D eigenvalue weighted by molar-refractivity contribution is 5.68. The van der Waals surface area contributed by atoms with Crippen LogP contribution in [0.4, 0.5) is 26.1 Å². The molecule has 3 aliphatic rings. The Kier molecular flexibility index (Phi) is 5.61. The number of nitro groups is 1. The summed E-state index contributed by atoms with van der Waals surface area (Å²) in [5.74, 6) is -2.21. The highest BCUT2D eigenvalue weighted by Gasteiger charge is 2.44. The minimum absolute atomic E-state index is 0.0639. The maximum Gasteiger partial charge on any atom is 0.271 e. The van der Waals surface area contributed by atoms with Crippen molar-refractivity contribution in [1.82, 2.24) is 19.5 Å². The van der Waals surface area contributed by atoms with Gasteiger partial charge in [0.25, 0.3) is 11.6 Å². The molecule has 3 aromatic rings. The average Bonchev–Trinajstić information content (AvgIpc) is 3.44. The lowest BCUT2D eigenvalue weighted by molar-refractivity contribution is -0.384. The number of rotatable bonds is 5. The number of nitro benzene ring substituents is 1. The Labute approximate surface area is 213 Å². The van der Waals surface area contributed by atoms with Gasteiger partial charge in [-0.25, -0.2) is 23.7 Å². The van der Waals surface area contributed by atoms with Crippen LogP contribution in [-0.2, 0) is 0 Å². The minimum atomic E-state index is -2.64. The molecule has 2 aliphatic heterocycles. The number of anilines is 2. The Balaban J connectivity index is 1.30. The van der Waals surface area contributed by atoms with Crippen LogP contribution in [0.5, 0.6) is 0 Å². The summed E-state index contributed by atoms with van der Waals surface area (Å²) in [5, 5.41) is 11.5. The Morgan fingerprint density at radius 2 is 1.59 bits per heavy atom. The number of nitrogens with zero attached hydrogens (tertiary/aromatic N) is 7. The first-order valence-electron chi connectivity index (χ1n) is 12.8. The summed E-state index contributed by atoms with van der Waals surface area (Å²) in [7, 11) is 0. The molecule has 9 nitrogen and oxygen atoms in total. The minimum Gasteiger partial charge on any atom is -0.370 e. The summed E-state index contributed by atoms with van der Waals surface area (Å²) in [6, 6.07) is 6.76. The molecule has 194 valence electrons. The average molecular weight is 510 g/mol. The molecule has 1 aromatic carbocycles. The molecular formula is C26H29F2N7O2. The van der Waals surface area contributed by atoms with Crippen LogP contribution in [-0.4, -0.2) is 56.5 Å². The Hall–Kier alpha value is -3.63. The van der Waals surface area contributed by atoms with Crippen molar-refractivity contribution in [3.63, 3.8) is 0 Å². The predicted molar refractivity (Wildman–Crippen MR) is 135 cm³/mol. The Bertz CT molecular complexity index is 1330. The van der Waals surface area contributed by atoms with Crippen molar-refractivity contribution in [2.24, 2.45) is 5.41 Å². The number of piperidine rings is 2. The largest absolute Gasteiger partial charge is 0.370 e. The van der Waals surface area contributed by atoms with Gasteiger partial charge in [-0.1, -0.05) is 0 Å². The van der Waals surface area contributed by atoms with E-state index < -0.39 is 5.92 Å². The van der Waals surface area contributed by atoms with Crippen molar-refractivity contribution in [3.05, 3.63) is 52.6 Å². The van der Waals surface area contributed by atoms with Gasteiger partial charge in [0, 0.05) is 63.0 Å². The number of hydrogen-bond donors (Lipinski definition) is 0. The summed E-state index contributed by atoms with van der Waals surface area (Å²) in [5.41, 5.74) is 4.15. The zero-order valence-corrected chi connectivity index (χ0v) is 20.7. The van der Waals surface area contributed by atoms with Crippen molar-refractivity contribution >= 4 is 17.3 Å². The lowest BCUT2D eigenvalue weighted by Gasteiger charge is -2.34. The van der Waals surface area contributed by atoms with Crippen molar-refractivity contribution in [2.75, 3.05) is 36.0 Å². The molecule has 0 N–H and O–H groups in total. The molecule has 1 aliphatic carbocycles. The van der Waals surface area contributed by atoms with E-state index in [0.717, 1.165) is 43.0 Å². The third-order valence-electron chi connectivity index (χ3n) is 8.04. The molecule has 2 saturated heterocycles. The quantitative estimate of drug-likeness (QED) is 0.346. The van der Waals surface area contributed by atoms with Crippen LogP contribution in [0.15, 0.2) is 36.8 Å². The van der Waals surface area contributed by atoms with Gasteiger partial charge in [0.1, 0.15) is 12.0 Å². The predicted octanol–water partition coefficient (Wildman–Crippen LogP) is 5.16. The summed E-state index contributed by atoms with van der Waals surface area (Å²) in [6.07, 6.45) is 7.90. The second-order valence-corrected chi connectivity index (χ2v) is 10.6. The molecule has 0 amide bonds. The Morgan fingerprint density at radius 3 is 2.27 bits per heavy atom. The lowest BCUT2D eigenvalue weighted by atomic mass is 9.93. The van der Waals surface area contributed by atoms with Crippen molar-refractivity contribution in [3.8, 4) is 17.1 Å². The number of alkyl halides is 2. The van der Waals surface area contributed by atoms with Gasteiger partial charge in [-0.2, -0.15) is 0 Å². The molecular weight excluding hydrogens is 480 g/mol. The molecule has 0 bridgehead atoms. The molecule has 2 aromatic heterocycles. The van der Waals surface area contributed by atoms with Gasteiger partial charge >= 0.3 is 0 Å². The molecule has 6 rings (SSSR count). The van der Waals surface area contributed by atoms with Crippen LogP contribution in [0.3, 0.4) is 0 Å². The topological polar surface area (TPSA) is 93.2 Å². The van der Waals surface area contributed by atoms with E-state index in [9.17, 15) is 18.9 Å². The lowest BCUT2D eigenvalue weighted by Crippen LogP contribution is -2.40. The molecule has 11 heteroatoms. The van der Waals surface area contributed by atoms with Crippen LogP contribution in [0.2, 0.25) is 0 Å². The smallest absolute Gasteiger partial charge is 0.271 e. The van der Waals surface area contributed by atoms with Crippen molar-refractivity contribution in [2.45, 2.75) is 51.4 Å².